The van der Waals surface area contributed by atoms with Crippen LogP contribution in [0.3, 0.4) is 0 Å². The molecule has 0 amide bonds. The van der Waals surface area contributed by atoms with E-state index in [4.69, 9.17) is 33.2 Å². The monoisotopic (exact) mass is 284 g/mol. The zero-order valence-electron chi connectivity index (χ0n) is 7.51. The van der Waals surface area contributed by atoms with Crippen molar-refractivity contribution < 1.29 is 0 Å². The lowest BCUT2D eigenvalue weighted by atomic mass is 10.1. The van der Waals surface area contributed by atoms with Crippen molar-refractivity contribution in [3.63, 3.8) is 0 Å². The second-order valence-electron chi connectivity index (χ2n) is 2.98. The molecule has 0 bridgehead atoms. The highest BCUT2D eigenvalue weighted by molar-refractivity contribution is 7.80. The molecule has 1 aromatic carbocycles. The van der Waals surface area contributed by atoms with Gasteiger partial charge in [-0.1, -0.05) is 24.3 Å². The summed E-state index contributed by atoms with van der Waals surface area (Å²) < 4.78 is 0. The average molecular weight is 286 g/mol. The fourth-order valence-electron chi connectivity index (χ4n) is 1.28. The summed E-state index contributed by atoms with van der Waals surface area (Å²) in [6.07, 6.45) is 1.94. The molecule has 78 valence electrons. The number of benzene rings is 1. The minimum absolute atomic E-state index is 0.857. The number of halogens is 3. The van der Waals surface area contributed by atoms with E-state index in [1.165, 1.54) is 0 Å². The fourth-order valence-corrected chi connectivity index (χ4v) is 3.96. The lowest BCUT2D eigenvalue weighted by Gasteiger charge is -2.13. The quantitative estimate of drug-likeness (QED) is 0.489. The van der Waals surface area contributed by atoms with Gasteiger partial charge in [-0.3, -0.25) is 0 Å². The highest BCUT2D eigenvalue weighted by Crippen LogP contribution is 2.21. The maximum atomic E-state index is 5.99. The second-order valence-corrected chi connectivity index (χ2v) is 11.8. The number of thiol groups is 1. The minimum Gasteiger partial charge on any atom is -0.179 e. The topological polar surface area (TPSA) is 0 Å². The van der Waals surface area contributed by atoms with Crippen molar-refractivity contribution in [1.82, 2.24) is 0 Å². The van der Waals surface area contributed by atoms with E-state index in [1.54, 1.807) is 0 Å². The third-order valence-corrected chi connectivity index (χ3v) is 5.17. The second kappa shape index (κ2) is 5.66. The molecule has 0 aromatic heterocycles. The van der Waals surface area contributed by atoms with Crippen LogP contribution in [0.15, 0.2) is 24.3 Å². The highest BCUT2D eigenvalue weighted by Gasteiger charge is 2.29. The van der Waals surface area contributed by atoms with Gasteiger partial charge in [0.15, 0.2) is 0 Å². The number of rotatable bonds is 4. The molecule has 0 fully saturated rings. The molecule has 0 atom stereocenters. The molecule has 0 N–H and O–H groups in total. The van der Waals surface area contributed by atoms with Crippen LogP contribution in [0, 0.1) is 0 Å². The average Bonchev–Trinajstić information content (AvgIpc) is 2.14. The van der Waals surface area contributed by atoms with Crippen LogP contribution in [0.4, 0.5) is 0 Å². The van der Waals surface area contributed by atoms with Crippen LogP contribution in [-0.4, -0.2) is 11.8 Å². The smallest absolute Gasteiger partial charge is 0.179 e. The predicted molar refractivity (Wildman–Crippen MR) is 71.6 cm³/mol. The van der Waals surface area contributed by atoms with Gasteiger partial charge >= 0.3 is 6.00 Å². The van der Waals surface area contributed by atoms with Crippen molar-refractivity contribution in [3.8, 4) is 0 Å². The third kappa shape index (κ3) is 3.67. The van der Waals surface area contributed by atoms with Gasteiger partial charge in [0.25, 0.3) is 0 Å². The van der Waals surface area contributed by atoms with Crippen LogP contribution in [0.25, 0.3) is 0 Å². The Morgan fingerprint density at radius 3 is 2.36 bits per heavy atom. The molecule has 5 heteroatoms. The Morgan fingerprint density at radius 2 is 1.79 bits per heavy atom. The van der Waals surface area contributed by atoms with Crippen molar-refractivity contribution in [1.29, 1.82) is 0 Å². The van der Waals surface area contributed by atoms with E-state index in [2.05, 4.69) is 12.6 Å². The summed E-state index contributed by atoms with van der Waals surface area (Å²) in [6.45, 7) is 0. The first-order valence-corrected chi connectivity index (χ1v) is 9.98. The Bertz CT molecular complexity index is 298. The maximum Gasteiger partial charge on any atom is 0.373 e. The molecular formula is C9H11Cl3SSi. The van der Waals surface area contributed by atoms with Crippen molar-refractivity contribution in [3.05, 3.63) is 29.8 Å². The first kappa shape index (κ1) is 12.7. The van der Waals surface area contributed by atoms with Gasteiger partial charge in [0, 0.05) is 0 Å². The lowest BCUT2D eigenvalue weighted by molar-refractivity contribution is 0.942. The molecule has 0 saturated heterocycles. The fraction of sp³-hybridized carbons (Fsp3) is 0.333. The zero-order valence-corrected chi connectivity index (χ0v) is 11.7. The van der Waals surface area contributed by atoms with Crippen LogP contribution in [0.5, 0.6) is 0 Å². The SMILES string of the molecule is SCCCc1ccccc1[Si](Cl)(Cl)Cl. The van der Waals surface area contributed by atoms with Crippen molar-refractivity contribution >= 4 is 57.1 Å². The van der Waals surface area contributed by atoms with E-state index in [1.807, 2.05) is 24.3 Å². The van der Waals surface area contributed by atoms with Gasteiger partial charge < -0.3 is 0 Å². The Labute approximate surface area is 105 Å². The molecule has 0 unspecified atom stereocenters. The number of aryl methyl sites for hydroxylation is 1. The summed E-state index contributed by atoms with van der Waals surface area (Å²) in [5, 5.41) is 0.909. The largest absolute Gasteiger partial charge is 0.373 e. The molecule has 0 saturated carbocycles. The molecule has 1 rings (SSSR count). The van der Waals surface area contributed by atoms with Crippen molar-refractivity contribution in [2.45, 2.75) is 12.8 Å². The molecule has 0 aliphatic carbocycles. The van der Waals surface area contributed by atoms with E-state index >= 15 is 0 Å². The van der Waals surface area contributed by atoms with Gasteiger partial charge in [-0.05, 0) is 29.3 Å². The summed E-state index contributed by atoms with van der Waals surface area (Å²) in [5.74, 6) is 0.857. The van der Waals surface area contributed by atoms with E-state index < -0.39 is 6.00 Å². The molecule has 14 heavy (non-hydrogen) atoms. The van der Waals surface area contributed by atoms with Crippen LogP contribution >= 0.6 is 45.9 Å². The normalized spacial score (nSPS) is 11.7. The van der Waals surface area contributed by atoms with Crippen molar-refractivity contribution in [2.24, 2.45) is 0 Å². The molecule has 0 nitrogen and oxygen atoms in total. The van der Waals surface area contributed by atoms with Crippen molar-refractivity contribution in [2.75, 3.05) is 5.75 Å². The summed E-state index contributed by atoms with van der Waals surface area (Å²) in [4.78, 5) is 0. The summed E-state index contributed by atoms with van der Waals surface area (Å²) in [5.41, 5.74) is 1.15. The molecule has 0 aliphatic rings. The van der Waals surface area contributed by atoms with Gasteiger partial charge in [0.05, 0.1) is 0 Å². The standard InChI is InChI=1S/C9H11Cl3SSi/c10-14(11,12)9-6-2-1-4-8(9)5-3-7-13/h1-2,4,6,13H,3,5,7H2. The van der Waals surface area contributed by atoms with E-state index in [0.717, 1.165) is 29.3 Å². The summed E-state index contributed by atoms with van der Waals surface area (Å²) in [7, 11) is 0. The van der Waals surface area contributed by atoms with E-state index in [9.17, 15) is 0 Å². The lowest BCUT2D eigenvalue weighted by Crippen LogP contribution is -2.33. The van der Waals surface area contributed by atoms with E-state index in [0.29, 0.717) is 0 Å². The van der Waals surface area contributed by atoms with Crippen LogP contribution in [-0.2, 0) is 6.42 Å². The van der Waals surface area contributed by atoms with Crippen LogP contribution in [0.1, 0.15) is 12.0 Å². The van der Waals surface area contributed by atoms with Gasteiger partial charge in [-0.15, -0.1) is 33.2 Å². The molecule has 0 aliphatic heterocycles. The first-order valence-electron chi connectivity index (χ1n) is 4.31. The molecule has 1 aromatic rings. The Hall–Kier alpha value is 0.657. The maximum absolute atomic E-state index is 5.99. The summed E-state index contributed by atoms with van der Waals surface area (Å²) >= 11 is 22.1. The Balaban J connectivity index is 2.92. The Kier molecular flexibility index (Phi) is 5.15. The van der Waals surface area contributed by atoms with Gasteiger partial charge in [0.1, 0.15) is 0 Å². The first-order chi connectivity index (χ1) is 6.55. The molecular weight excluding hydrogens is 275 g/mol. The summed E-state index contributed by atoms with van der Waals surface area (Å²) in [6, 6.07) is 5.08. The van der Waals surface area contributed by atoms with Gasteiger partial charge in [-0.2, -0.15) is 12.6 Å². The third-order valence-electron chi connectivity index (χ3n) is 1.93. The predicted octanol–water partition coefficient (Wildman–Crippen LogP) is 3.41. The zero-order chi connectivity index (χ0) is 10.6. The highest BCUT2D eigenvalue weighted by atomic mass is 35.8. The Morgan fingerprint density at radius 1 is 1.14 bits per heavy atom. The number of hydrogen-bond donors (Lipinski definition) is 1. The molecule has 0 heterocycles. The number of hydrogen-bond acceptors (Lipinski definition) is 1. The van der Waals surface area contributed by atoms with Crippen LogP contribution < -0.4 is 5.19 Å². The minimum atomic E-state index is -2.74. The van der Waals surface area contributed by atoms with Crippen LogP contribution in [0.2, 0.25) is 0 Å². The van der Waals surface area contributed by atoms with Gasteiger partial charge in [0.2, 0.25) is 0 Å². The molecule has 0 radical (unpaired) electrons. The van der Waals surface area contributed by atoms with Gasteiger partial charge in [-0.25, -0.2) is 0 Å². The molecule has 0 spiro atoms. The van der Waals surface area contributed by atoms with E-state index in [-0.39, 0.29) is 0 Å².